The van der Waals surface area contributed by atoms with Crippen molar-refractivity contribution in [1.82, 2.24) is 0 Å². The van der Waals surface area contributed by atoms with Crippen molar-refractivity contribution in [2.45, 2.75) is 110 Å². The SMILES string of the molecule is CCCCCCCC(c1ccccc1O)C(CCCC)CCCCC. The number of phenolic OH excluding ortho intramolecular Hbond substituents is 1. The number of phenols is 1. The van der Waals surface area contributed by atoms with Crippen LogP contribution in [0.2, 0.25) is 0 Å². The molecule has 2 unspecified atom stereocenters. The molecule has 0 amide bonds. The number of para-hydroxylation sites is 1. The minimum Gasteiger partial charge on any atom is -0.508 e. The predicted octanol–water partition coefficient (Wildman–Crippen LogP) is 8.22. The summed E-state index contributed by atoms with van der Waals surface area (Å²) in [7, 11) is 0. The van der Waals surface area contributed by atoms with Gasteiger partial charge in [0.1, 0.15) is 5.75 Å². The lowest BCUT2D eigenvalue weighted by Gasteiger charge is -2.29. The first-order valence-corrected chi connectivity index (χ1v) is 11.0. The molecule has 1 aromatic carbocycles. The predicted molar refractivity (Wildman–Crippen MR) is 111 cm³/mol. The molecule has 0 aromatic heterocycles. The van der Waals surface area contributed by atoms with Gasteiger partial charge in [-0.1, -0.05) is 103 Å². The molecule has 0 aliphatic rings. The maximum atomic E-state index is 10.5. The van der Waals surface area contributed by atoms with Gasteiger partial charge in [-0.25, -0.2) is 0 Å². The van der Waals surface area contributed by atoms with Crippen LogP contribution in [0, 0.1) is 5.92 Å². The highest BCUT2D eigenvalue weighted by Gasteiger charge is 2.24. The second kappa shape index (κ2) is 14.2. The van der Waals surface area contributed by atoms with Crippen LogP contribution in [-0.4, -0.2) is 5.11 Å². The fourth-order valence-corrected chi connectivity index (χ4v) is 4.08. The van der Waals surface area contributed by atoms with Gasteiger partial charge in [0.15, 0.2) is 0 Å². The van der Waals surface area contributed by atoms with Crippen LogP contribution in [0.1, 0.15) is 116 Å². The summed E-state index contributed by atoms with van der Waals surface area (Å²) >= 11 is 0. The maximum absolute atomic E-state index is 10.5. The molecule has 1 N–H and O–H groups in total. The fourth-order valence-electron chi connectivity index (χ4n) is 4.08. The summed E-state index contributed by atoms with van der Waals surface area (Å²) in [6.07, 6.45) is 17.1. The largest absolute Gasteiger partial charge is 0.508 e. The average molecular weight is 347 g/mol. The number of benzene rings is 1. The monoisotopic (exact) mass is 346 g/mol. The second-order valence-electron chi connectivity index (χ2n) is 7.77. The van der Waals surface area contributed by atoms with E-state index in [1.54, 1.807) is 0 Å². The molecule has 2 atom stereocenters. The van der Waals surface area contributed by atoms with Gasteiger partial charge in [-0.3, -0.25) is 0 Å². The standard InChI is InChI=1S/C24H42O/c1-4-7-10-11-13-18-22(23-19-14-15-20-24(23)25)21(16-9-6-3)17-12-8-5-2/h14-15,19-22,25H,4-13,16-18H2,1-3H3. The third kappa shape index (κ3) is 8.79. The van der Waals surface area contributed by atoms with E-state index in [1.165, 1.54) is 89.0 Å². The second-order valence-corrected chi connectivity index (χ2v) is 7.77. The number of hydrogen-bond donors (Lipinski definition) is 1. The molecule has 0 bridgehead atoms. The van der Waals surface area contributed by atoms with Crippen LogP contribution in [-0.2, 0) is 0 Å². The molecule has 0 fully saturated rings. The van der Waals surface area contributed by atoms with Gasteiger partial charge in [-0.15, -0.1) is 0 Å². The molecular formula is C24H42O. The lowest BCUT2D eigenvalue weighted by Crippen LogP contribution is -2.14. The molecule has 0 saturated carbocycles. The third-order valence-corrected chi connectivity index (χ3v) is 5.63. The molecule has 0 heterocycles. The van der Waals surface area contributed by atoms with E-state index in [2.05, 4.69) is 32.9 Å². The first-order valence-electron chi connectivity index (χ1n) is 11.0. The Balaban J connectivity index is 2.81. The van der Waals surface area contributed by atoms with Gasteiger partial charge in [0.05, 0.1) is 0 Å². The molecule has 0 saturated heterocycles. The van der Waals surface area contributed by atoms with Gasteiger partial charge in [0.25, 0.3) is 0 Å². The van der Waals surface area contributed by atoms with Crippen molar-refractivity contribution in [3.63, 3.8) is 0 Å². The van der Waals surface area contributed by atoms with Crippen molar-refractivity contribution in [3.8, 4) is 5.75 Å². The van der Waals surface area contributed by atoms with E-state index in [0.29, 0.717) is 11.7 Å². The van der Waals surface area contributed by atoms with Crippen molar-refractivity contribution in [2.75, 3.05) is 0 Å². The highest BCUT2D eigenvalue weighted by atomic mass is 16.3. The Morgan fingerprint density at radius 2 is 1.24 bits per heavy atom. The lowest BCUT2D eigenvalue weighted by molar-refractivity contribution is 0.318. The zero-order valence-corrected chi connectivity index (χ0v) is 17.1. The Hall–Kier alpha value is -0.980. The van der Waals surface area contributed by atoms with Crippen molar-refractivity contribution in [1.29, 1.82) is 0 Å². The number of aromatic hydroxyl groups is 1. The van der Waals surface area contributed by atoms with Gasteiger partial charge >= 0.3 is 0 Å². The van der Waals surface area contributed by atoms with Gasteiger partial charge in [-0.2, -0.15) is 0 Å². The van der Waals surface area contributed by atoms with Crippen LogP contribution < -0.4 is 0 Å². The molecule has 1 nitrogen and oxygen atoms in total. The topological polar surface area (TPSA) is 20.2 Å². The normalized spacial score (nSPS) is 13.7. The number of hydrogen-bond acceptors (Lipinski definition) is 1. The lowest BCUT2D eigenvalue weighted by atomic mass is 9.76. The maximum Gasteiger partial charge on any atom is 0.119 e. The summed E-state index contributed by atoms with van der Waals surface area (Å²) in [6, 6.07) is 8.10. The zero-order chi connectivity index (χ0) is 18.3. The molecule has 25 heavy (non-hydrogen) atoms. The van der Waals surface area contributed by atoms with Crippen molar-refractivity contribution in [3.05, 3.63) is 29.8 Å². The smallest absolute Gasteiger partial charge is 0.119 e. The van der Waals surface area contributed by atoms with E-state index in [-0.39, 0.29) is 0 Å². The third-order valence-electron chi connectivity index (χ3n) is 5.63. The molecule has 144 valence electrons. The summed E-state index contributed by atoms with van der Waals surface area (Å²) in [4.78, 5) is 0. The summed E-state index contributed by atoms with van der Waals surface area (Å²) in [6.45, 7) is 6.86. The summed E-state index contributed by atoms with van der Waals surface area (Å²) in [5, 5.41) is 10.5. The molecule has 1 heteroatoms. The van der Waals surface area contributed by atoms with Crippen molar-refractivity contribution in [2.24, 2.45) is 5.92 Å². The molecule has 1 rings (SSSR count). The highest BCUT2D eigenvalue weighted by Crippen LogP contribution is 2.40. The molecule has 0 spiro atoms. The Morgan fingerprint density at radius 3 is 1.92 bits per heavy atom. The molecule has 0 aliphatic carbocycles. The van der Waals surface area contributed by atoms with E-state index in [4.69, 9.17) is 0 Å². The Labute approximate surface area is 157 Å². The van der Waals surface area contributed by atoms with Gasteiger partial charge in [0, 0.05) is 0 Å². The summed E-state index contributed by atoms with van der Waals surface area (Å²) in [5.74, 6) is 1.77. The average Bonchev–Trinajstić information content (AvgIpc) is 2.62. The summed E-state index contributed by atoms with van der Waals surface area (Å²) < 4.78 is 0. The van der Waals surface area contributed by atoms with E-state index in [1.807, 2.05) is 12.1 Å². The van der Waals surface area contributed by atoms with Crippen LogP contribution in [0.15, 0.2) is 24.3 Å². The van der Waals surface area contributed by atoms with Gasteiger partial charge in [0.2, 0.25) is 0 Å². The van der Waals surface area contributed by atoms with Crippen LogP contribution >= 0.6 is 0 Å². The molecular weight excluding hydrogens is 304 g/mol. The van der Waals surface area contributed by atoms with Gasteiger partial charge in [-0.05, 0) is 42.7 Å². The number of rotatable bonds is 15. The van der Waals surface area contributed by atoms with Crippen LogP contribution in [0.25, 0.3) is 0 Å². The zero-order valence-electron chi connectivity index (χ0n) is 17.1. The van der Waals surface area contributed by atoms with Crippen LogP contribution in [0.5, 0.6) is 5.75 Å². The fraction of sp³-hybridized carbons (Fsp3) is 0.750. The Morgan fingerprint density at radius 1 is 0.680 bits per heavy atom. The van der Waals surface area contributed by atoms with E-state index >= 15 is 0 Å². The van der Waals surface area contributed by atoms with Crippen molar-refractivity contribution < 1.29 is 5.11 Å². The van der Waals surface area contributed by atoms with Gasteiger partial charge < -0.3 is 5.11 Å². The Kier molecular flexibility index (Phi) is 12.5. The Bertz CT molecular complexity index is 426. The first kappa shape index (κ1) is 22.1. The number of unbranched alkanes of at least 4 members (excludes halogenated alkanes) is 7. The first-order chi connectivity index (χ1) is 12.2. The van der Waals surface area contributed by atoms with E-state index in [0.717, 1.165) is 5.92 Å². The van der Waals surface area contributed by atoms with Crippen molar-refractivity contribution >= 4 is 0 Å². The summed E-state index contributed by atoms with van der Waals surface area (Å²) in [5.41, 5.74) is 1.20. The van der Waals surface area contributed by atoms with E-state index in [9.17, 15) is 5.11 Å². The highest BCUT2D eigenvalue weighted by molar-refractivity contribution is 5.35. The molecule has 1 aromatic rings. The van der Waals surface area contributed by atoms with E-state index < -0.39 is 0 Å². The minimum atomic E-state index is 0.512. The minimum absolute atomic E-state index is 0.512. The van der Waals surface area contributed by atoms with Crippen LogP contribution in [0.3, 0.4) is 0 Å². The molecule has 0 radical (unpaired) electrons. The molecule has 0 aliphatic heterocycles. The van der Waals surface area contributed by atoms with Crippen LogP contribution in [0.4, 0.5) is 0 Å². The quantitative estimate of drug-likeness (QED) is 0.317.